The number of benzene rings is 1. The molecule has 1 aromatic heterocycles. The van der Waals surface area contributed by atoms with Crippen LogP contribution in [0.4, 0.5) is 0 Å². The van der Waals surface area contributed by atoms with E-state index in [1.807, 2.05) is 23.9 Å². The molecule has 0 saturated heterocycles. The van der Waals surface area contributed by atoms with Crippen LogP contribution >= 0.6 is 31.9 Å². The molecule has 0 amide bonds. The van der Waals surface area contributed by atoms with E-state index in [0.29, 0.717) is 0 Å². The Morgan fingerprint density at radius 1 is 1.35 bits per heavy atom. The first-order valence-electron chi connectivity index (χ1n) is 6.60. The number of nitrogens with two attached hydrogens (primary N) is 1. The van der Waals surface area contributed by atoms with Crippen molar-refractivity contribution in [2.45, 2.75) is 32.2 Å². The van der Waals surface area contributed by atoms with Gasteiger partial charge in [-0.2, -0.15) is 5.10 Å². The van der Waals surface area contributed by atoms with Gasteiger partial charge < -0.3 is 5.73 Å². The number of rotatable bonds is 4. The summed E-state index contributed by atoms with van der Waals surface area (Å²) in [4.78, 5) is 0. The number of aromatic nitrogens is 2. The molecule has 0 fully saturated rings. The third-order valence-electron chi connectivity index (χ3n) is 3.52. The molecule has 1 unspecified atom stereocenters. The Balaban J connectivity index is 2.35. The molecule has 0 aliphatic carbocycles. The maximum absolute atomic E-state index is 6.54. The molecule has 1 aromatic carbocycles. The van der Waals surface area contributed by atoms with E-state index in [1.165, 1.54) is 0 Å². The highest BCUT2D eigenvalue weighted by molar-refractivity contribution is 9.10. The second-order valence-corrected chi connectivity index (χ2v) is 7.00. The minimum Gasteiger partial charge on any atom is -0.321 e. The van der Waals surface area contributed by atoms with Gasteiger partial charge in [-0.25, -0.2) is 0 Å². The standard InChI is InChI=1S/C15H19Br2N3/c1-4-12-14(17)13(20(3)19-12)9-15(2,18)10-6-5-7-11(16)8-10/h5-8H,4,9,18H2,1-3H3. The Kier molecular flexibility index (Phi) is 4.72. The number of hydrogen-bond donors (Lipinski definition) is 1. The molecule has 0 spiro atoms. The SMILES string of the molecule is CCc1nn(C)c(CC(C)(N)c2cccc(Br)c2)c1Br. The van der Waals surface area contributed by atoms with E-state index in [-0.39, 0.29) is 0 Å². The third kappa shape index (κ3) is 3.15. The minimum atomic E-state index is -0.439. The summed E-state index contributed by atoms with van der Waals surface area (Å²) in [5, 5.41) is 4.53. The monoisotopic (exact) mass is 399 g/mol. The zero-order valence-electron chi connectivity index (χ0n) is 12.0. The van der Waals surface area contributed by atoms with Gasteiger partial charge in [0.25, 0.3) is 0 Å². The van der Waals surface area contributed by atoms with E-state index in [1.54, 1.807) is 0 Å². The van der Waals surface area contributed by atoms with Gasteiger partial charge >= 0.3 is 0 Å². The quantitative estimate of drug-likeness (QED) is 0.844. The number of nitrogens with zero attached hydrogens (tertiary/aromatic N) is 2. The van der Waals surface area contributed by atoms with Crippen molar-refractivity contribution < 1.29 is 0 Å². The van der Waals surface area contributed by atoms with Crippen LogP contribution < -0.4 is 5.73 Å². The van der Waals surface area contributed by atoms with Crippen molar-refractivity contribution in [1.29, 1.82) is 0 Å². The van der Waals surface area contributed by atoms with Crippen molar-refractivity contribution in [3.05, 3.63) is 50.2 Å². The summed E-state index contributed by atoms with van der Waals surface area (Å²) < 4.78 is 4.05. The minimum absolute atomic E-state index is 0.439. The lowest BCUT2D eigenvalue weighted by molar-refractivity contribution is 0.471. The number of aryl methyl sites for hydroxylation is 2. The van der Waals surface area contributed by atoms with E-state index < -0.39 is 5.54 Å². The Hall–Kier alpha value is -0.650. The second-order valence-electron chi connectivity index (χ2n) is 5.29. The molecule has 2 N–H and O–H groups in total. The van der Waals surface area contributed by atoms with Crippen LogP contribution in [-0.4, -0.2) is 9.78 Å². The van der Waals surface area contributed by atoms with Gasteiger partial charge in [-0.15, -0.1) is 0 Å². The van der Waals surface area contributed by atoms with Crippen LogP contribution in [-0.2, 0) is 25.4 Å². The van der Waals surface area contributed by atoms with Crippen molar-refractivity contribution in [2.24, 2.45) is 12.8 Å². The summed E-state index contributed by atoms with van der Waals surface area (Å²) in [6.45, 7) is 4.16. The van der Waals surface area contributed by atoms with Gasteiger partial charge in [0.05, 0.1) is 15.9 Å². The van der Waals surface area contributed by atoms with E-state index in [9.17, 15) is 0 Å². The molecular weight excluding hydrogens is 382 g/mol. The van der Waals surface area contributed by atoms with E-state index in [4.69, 9.17) is 5.73 Å². The maximum atomic E-state index is 6.54. The summed E-state index contributed by atoms with van der Waals surface area (Å²) in [7, 11) is 1.97. The molecule has 3 nitrogen and oxygen atoms in total. The van der Waals surface area contributed by atoms with Gasteiger partial charge in [0.15, 0.2) is 0 Å². The van der Waals surface area contributed by atoms with Gasteiger partial charge in [-0.05, 0) is 47.0 Å². The largest absolute Gasteiger partial charge is 0.321 e. The summed E-state index contributed by atoms with van der Waals surface area (Å²) in [5.41, 5.74) is 9.42. The molecule has 0 saturated carbocycles. The topological polar surface area (TPSA) is 43.8 Å². The molecule has 0 aliphatic heterocycles. The predicted molar refractivity (Wildman–Crippen MR) is 89.7 cm³/mol. The van der Waals surface area contributed by atoms with Crippen molar-refractivity contribution >= 4 is 31.9 Å². The lowest BCUT2D eigenvalue weighted by atomic mass is 9.88. The molecule has 0 radical (unpaired) electrons. The van der Waals surface area contributed by atoms with E-state index >= 15 is 0 Å². The second kappa shape index (κ2) is 6.00. The average molecular weight is 401 g/mol. The van der Waals surface area contributed by atoms with Gasteiger partial charge in [-0.1, -0.05) is 35.0 Å². The molecule has 1 heterocycles. The molecule has 20 heavy (non-hydrogen) atoms. The summed E-state index contributed by atoms with van der Waals surface area (Å²) in [6.07, 6.45) is 1.64. The Morgan fingerprint density at radius 2 is 2.05 bits per heavy atom. The van der Waals surface area contributed by atoms with Gasteiger partial charge in [0.1, 0.15) is 0 Å². The summed E-state index contributed by atoms with van der Waals surface area (Å²) in [5.74, 6) is 0. The number of hydrogen-bond acceptors (Lipinski definition) is 2. The first-order chi connectivity index (χ1) is 9.35. The molecule has 5 heteroatoms. The lowest BCUT2D eigenvalue weighted by Gasteiger charge is -2.26. The van der Waals surface area contributed by atoms with Crippen LogP contribution in [0.25, 0.3) is 0 Å². The predicted octanol–water partition coefficient (Wildman–Crippen LogP) is 3.92. The van der Waals surface area contributed by atoms with Crippen LogP contribution in [0, 0.1) is 0 Å². The highest BCUT2D eigenvalue weighted by Gasteiger charge is 2.26. The molecule has 2 rings (SSSR count). The normalized spacial score (nSPS) is 14.3. The lowest BCUT2D eigenvalue weighted by Crippen LogP contribution is -2.36. The molecule has 2 aromatic rings. The van der Waals surface area contributed by atoms with Crippen molar-refractivity contribution in [3.63, 3.8) is 0 Å². The molecular formula is C15H19Br2N3. The third-order valence-corrected chi connectivity index (χ3v) is 4.93. The Morgan fingerprint density at radius 3 is 2.60 bits per heavy atom. The molecule has 1 atom stereocenters. The zero-order chi connectivity index (χ0) is 14.9. The summed E-state index contributed by atoms with van der Waals surface area (Å²) in [6, 6.07) is 8.16. The van der Waals surface area contributed by atoms with Crippen LogP contribution in [0.15, 0.2) is 33.2 Å². The van der Waals surface area contributed by atoms with E-state index in [2.05, 4.69) is 62.9 Å². The fraction of sp³-hybridized carbons (Fsp3) is 0.400. The fourth-order valence-corrected chi connectivity index (χ4v) is 3.46. The maximum Gasteiger partial charge on any atom is 0.0766 e. The van der Waals surface area contributed by atoms with Crippen molar-refractivity contribution in [2.75, 3.05) is 0 Å². The highest BCUT2D eigenvalue weighted by atomic mass is 79.9. The molecule has 0 aliphatic rings. The number of halogens is 2. The van der Waals surface area contributed by atoms with Gasteiger partial charge in [0.2, 0.25) is 0 Å². The van der Waals surface area contributed by atoms with Crippen molar-refractivity contribution in [1.82, 2.24) is 9.78 Å². The van der Waals surface area contributed by atoms with Crippen LogP contribution in [0.2, 0.25) is 0 Å². The van der Waals surface area contributed by atoms with E-state index in [0.717, 1.165) is 38.7 Å². The van der Waals surface area contributed by atoms with Crippen LogP contribution in [0.5, 0.6) is 0 Å². The van der Waals surface area contributed by atoms with Crippen LogP contribution in [0.3, 0.4) is 0 Å². The van der Waals surface area contributed by atoms with Gasteiger partial charge in [-0.3, -0.25) is 4.68 Å². The fourth-order valence-electron chi connectivity index (χ4n) is 2.31. The smallest absolute Gasteiger partial charge is 0.0766 e. The van der Waals surface area contributed by atoms with Gasteiger partial charge in [0, 0.05) is 23.5 Å². The molecule has 108 valence electrons. The Bertz CT molecular complexity index is 618. The highest BCUT2D eigenvalue weighted by Crippen LogP contribution is 2.30. The van der Waals surface area contributed by atoms with Crippen molar-refractivity contribution in [3.8, 4) is 0 Å². The average Bonchev–Trinajstić information content (AvgIpc) is 2.66. The zero-order valence-corrected chi connectivity index (χ0v) is 15.1. The first-order valence-corrected chi connectivity index (χ1v) is 8.19. The molecule has 0 bridgehead atoms. The summed E-state index contributed by atoms with van der Waals surface area (Å²) >= 11 is 7.16. The van der Waals surface area contributed by atoms with Crippen LogP contribution in [0.1, 0.15) is 30.8 Å². The first kappa shape index (κ1) is 15.7. The Labute approximate surface area is 136 Å².